The van der Waals surface area contributed by atoms with Crippen LogP contribution in [0.25, 0.3) is 5.76 Å². The number of aryl methyl sites for hydroxylation is 1. The first kappa shape index (κ1) is 26.3. The van der Waals surface area contributed by atoms with Gasteiger partial charge in [0, 0.05) is 17.3 Å². The van der Waals surface area contributed by atoms with Gasteiger partial charge < -0.3 is 19.3 Å². The Labute approximate surface area is 224 Å². The van der Waals surface area contributed by atoms with Crippen molar-refractivity contribution in [2.75, 3.05) is 25.2 Å². The molecule has 0 spiro atoms. The fourth-order valence-corrected chi connectivity index (χ4v) is 4.95. The largest absolute Gasteiger partial charge is 0.507 e. The third-order valence-corrected chi connectivity index (χ3v) is 6.65. The maximum Gasteiger partial charge on any atom is 0.300 e. The minimum atomic E-state index is -0.854. The van der Waals surface area contributed by atoms with Crippen LogP contribution in [0.3, 0.4) is 0 Å². The van der Waals surface area contributed by atoms with Gasteiger partial charge in [0.15, 0.2) is 11.5 Å². The molecule has 0 aliphatic carbocycles. The van der Waals surface area contributed by atoms with Crippen molar-refractivity contribution < 1.29 is 28.9 Å². The van der Waals surface area contributed by atoms with E-state index in [2.05, 4.69) is 15.9 Å². The van der Waals surface area contributed by atoms with Crippen LogP contribution >= 0.6 is 15.9 Å². The molecule has 0 radical (unpaired) electrons. The van der Waals surface area contributed by atoms with Gasteiger partial charge in [-0.3, -0.25) is 14.5 Å². The highest BCUT2D eigenvalue weighted by atomic mass is 79.9. The highest BCUT2D eigenvalue weighted by Gasteiger charge is 2.47. The van der Waals surface area contributed by atoms with Gasteiger partial charge in [-0.15, -0.1) is 0 Å². The summed E-state index contributed by atoms with van der Waals surface area (Å²) >= 11 is 3.42. The molecular formula is C29H28BrNO6. The zero-order valence-corrected chi connectivity index (χ0v) is 22.7. The Morgan fingerprint density at radius 3 is 2.30 bits per heavy atom. The molecule has 0 aromatic heterocycles. The van der Waals surface area contributed by atoms with Crippen LogP contribution in [0.1, 0.15) is 36.6 Å². The SMILES string of the molecule is CCOc1ccc(N2C(=O)C(=O)/C(=C(/O)c3ccc(OC)c(Br)c3)C2c2cccc(C)c2)cc1OCC. The second-order valence-corrected chi connectivity index (χ2v) is 9.28. The Balaban J connectivity index is 1.93. The van der Waals surface area contributed by atoms with Crippen molar-refractivity contribution in [1.82, 2.24) is 0 Å². The van der Waals surface area contributed by atoms with Gasteiger partial charge >= 0.3 is 0 Å². The van der Waals surface area contributed by atoms with Crippen LogP contribution in [-0.4, -0.2) is 37.1 Å². The number of carbonyl (C=O) groups excluding carboxylic acids is 2. The van der Waals surface area contributed by atoms with Crippen LogP contribution in [-0.2, 0) is 9.59 Å². The van der Waals surface area contributed by atoms with Crippen molar-refractivity contribution in [2.45, 2.75) is 26.8 Å². The molecule has 1 atom stereocenters. The molecule has 3 aromatic carbocycles. The number of benzene rings is 3. The summed E-state index contributed by atoms with van der Waals surface area (Å²) < 4.78 is 17.3. The lowest BCUT2D eigenvalue weighted by Gasteiger charge is -2.26. The zero-order valence-electron chi connectivity index (χ0n) is 21.1. The fraction of sp³-hybridized carbons (Fsp3) is 0.241. The third kappa shape index (κ3) is 5.06. The van der Waals surface area contributed by atoms with E-state index in [4.69, 9.17) is 14.2 Å². The molecule has 192 valence electrons. The molecule has 1 N–H and O–H groups in total. The Bertz CT molecular complexity index is 1380. The van der Waals surface area contributed by atoms with Crippen molar-refractivity contribution in [3.8, 4) is 17.2 Å². The van der Waals surface area contributed by atoms with E-state index < -0.39 is 17.7 Å². The quantitative estimate of drug-likeness (QED) is 0.199. The minimum absolute atomic E-state index is 0.000452. The lowest BCUT2D eigenvalue weighted by Crippen LogP contribution is -2.29. The molecule has 4 rings (SSSR count). The van der Waals surface area contributed by atoms with Gasteiger partial charge in [-0.2, -0.15) is 0 Å². The predicted molar refractivity (Wildman–Crippen MR) is 145 cm³/mol. The number of hydrogen-bond acceptors (Lipinski definition) is 6. The highest BCUT2D eigenvalue weighted by molar-refractivity contribution is 9.10. The Hall–Kier alpha value is -3.78. The summed E-state index contributed by atoms with van der Waals surface area (Å²) in [6.45, 7) is 6.51. The number of aliphatic hydroxyl groups is 1. The van der Waals surface area contributed by atoms with E-state index in [9.17, 15) is 14.7 Å². The van der Waals surface area contributed by atoms with Crippen LogP contribution in [0.4, 0.5) is 5.69 Å². The zero-order chi connectivity index (χ0) is 26.7. The Morgan fingerprint density at radius 1 is 0.946 bits per heavy atom. The summed E-state index contributed by atoms with van der Waals surface area (Å²) in [6, 6.07) is 16.8. The van der Waals surface area contributed by atoms with E-state index in [0.29, 0.717) is 51.7 Å². The number of rotatable bonds is 8. The lowest BCUT2D eigenvalue weighted by atomic mass is 9.94. The fourth-order valence-electron chi connectivity index (χ4n) is 4.41. The molecule has 1 unspecified atom stereocenters. The van der Waals surface area contributed by atoms with E-state index in [1.54, 1.807) is 36.4 Å². The van der Waals surface area contributed by atoms with Crippen LogP contribution in [0.2, 0.25) is 0 Å². The van der Waals surface area contributed by atoms with Gasteiger partial charge in [0.05, 0.1) is 36.4 Å². The summed E-state index contributed by atoms with van der Waals surface area (Å²) in [5.74, 6) is -0.211. The molecule has 8 heteroatoms. The maximum absolute atomic E-state index is 13.5. The van der Waals surface area contributed by atoms with Gasteiger partial charge in [0.1, 0.15) is 11.5 Å². The van der Waals surface area contributed by atoms with Gasteiger partial charge in [0.25, 0.3) is 11.7 Å². The van der Waals surface area contributed by atoms with Crippen LogP contribution < -0.4 is 19.1 Å². The number of halogens is 1. The molecule has 1 saturated heterocycles. The Morgan fingerprint density at radius 2 is 1.65 bits per heavy atom. The van der Waals surface area contributed by atoms with Gasteiger partial charge in [-0.25, -0.2) is 0 Å². The third-order valence-electron chi connectivity index (χ3n) is 6.03. The summed E-state index contributed by atoms with van der Waals surface area (Å²) in [5, 5.41) is 11.4. The predicted octanol–water partition coefficient (Wildman–Crippen LogP) is 6.19. The van der Waals surface area contributed by atoms with Crippen LogP contribution in [0.5, 0.6) is 17.2 Å². The summed E-state index contributed by atoms with van der Waals surface area (Å²) in [6.07, 6.45) is 0. The van der Waals surface area contributed by atoms with Crippen molar-refractivity contribution in [3.63, 3.8) is 0 Å². The van der Waals surface area contributed by atoms with Crippen LogP contribution in [0, 0.1) is 6.92 Å². The number of ether oxygens (including phenoxy) is 3. The molecule has 1 amide bonds. The molecule has 37 heavy (non-hydrogen) atoms. The number of aliphatic hydroxyl groups excluding tert-OH is 1. The molecule has 0 saturated carbocycles. The number of anilines is 1. The van der Waals surface area contributed by atoms with Gasteiger partial charge in [-0.1, -0.05) is 29.8 Å². The van der Waals surface area contributed by atoms with Crippen molar-refractivity contribution >= 4 is 39.1 Å². The number of amides is 1. The lowest BCUT2D eigenvalue weighted by molar-refractivity contribution is -0.132. The van der Waals surface area contributed by atoms with Crippen molar-refractivity contribution in [3.05, 3.63) is 87.4 Å². The molecule has 1 aliphatic rings. The van der Waals surface area contributed by atoms with E-state index in [0.717, 1.165) is 5.56 Å². The smallest absolute Gasteiger partial charge is 0.300 e. The molecule has 7 nitrogen and oxygen atoms in total. The number of ketones is 1. The number of nitrogens with zero attached hydrogens (tertiary/aromatic N) is 1. The first-order chi connectivity index (χ1) is 17.8. The van der Waals surface area contributed by atoms with E-state index in [1.165, 1.54) is 12.0 Å². The topological polar surface area (TPSA) is 85.3 Å². The summed E-state index contributed by atoms with van der Waals surface area (Å²) in [5.41, 5.74) is 2.48. The average molecular weight is 566 g/mol. The summed E-state index contributed by atoms with van der Waals surface area (Å²) in [7, 11) is 1.54. The molecule has 1 heterocycles. The average Bonchev–Trinajstić information content (AvgIpc) is 3.15. The standard InChI is InChI=1S/C29H28BrNO6/c1-5-36-23-13-11-20(16-24(23)37-6-2)31-26(18-9-7-8-17(3)14-18)25(28(33)29(31)34)27(32)19-10-12-22(35-4)21(30)15-19/h7-16,26,32H,5-6H2,1-4H3/b27-25+. The molecule has 3 aromatic rings. The van der Waals surface area contributed by atoms with Gasteiger partial charge in [0.2, 0.25) is 0 Å². The van der Waals surface area contributed by atoms with Gasteiger partial charge in [-0.05, 0) is 72.6 Å². The second kappa shape index (κ2) is 11.1. The van der Waals surface area contributed by atoms with Crippen molar-refractivity contribution in [2.24, 2.45) is 0 Å². The molecule has 1 fully saturated rings. The normalized spacial score (nSPS) is 16.7. The van der Waals surface area contributed by atoms with E-state index in [-0.39, 0.29) is 11.3 Å². The second-order valence-electron chi connectivity index (χ2n) is 8.43. The van der Waals surface area contributed by atoms with E-state index in [1.807, 2.05) is 45.0 Å². The first-order valence-corrected chi connectivity index (χ1v) is 12.7. The molecular weight excluding hydrogens is 538 g/mol. The number of Topliss-reactive ketones (excluding diaryl/α,β-unsaturated/α-hetero) is 1. The molecule has 0 bridgehead atoms. The minimum Gasteiger partial charge on any atom is -0.507 e. The monoisotopic (exact) mass is 565 g/mol. The number of hydrogen-bond donors (Lipinski definition) is 1. The highest BCUT2D eigenvalue weighted by Crippen LogP contribution is 2.44. The number of carbonyl (C=O) groups is 2. The van der Waals surface area contributed by atoms with Crippen LogP contribution in [0.15, 0.2) is 70.7 Å². The first-order valence-electron chi connectivity index (χ1n) is 11.9. The van der Waals surface area contributed by atoms with E-state index >= 15 is 0 Å². The maximum atomic E-state index is 13.5. The Kier molecular flexibility index (Phi) is 7.88. The summed E-state index contributed by atoms with van der Waals surface area (Å²) in [4.78, 5) is 28.4. The molecule has 1 aliphatic heterocycles. The number of methoxy groups -OCH3 is 1. The van der Waals surface area contributed by atoms with Crippen molar-refractivity contribution in [1.29, 1.82) is 0 Å².